The van der Waals surface area contributed by atoms with Crippen LogP contribution < -0.4 is 5.32 Å². The van der Waals surface area contributed by atoms with Crippen molar-refractivity contribution in [2.45, 2.75) is 32.6 Å². The molecule has 0 aliphatic carbocycles. The monoisotopic (exact) mass is 239 g/mol. The first kappa shape index (κ1) is 12.5. The molecule has 17 heavy (non-hydrogen) atoms. The molecular weight excluding hydrogens is 218 g/mol. The molecule has 1 unspecified atom stereocenters. The van der Waals surface area contributed by atoms with Crippen LogP contribution >= 0.6 is 0 Å². The van der Waals surface area contributed by atoms with Gasteiger partial charge in [-0.25, -0.2) is 0 Å². The third-order valence-electron chi connectivity index (χ3n) is 2.75. The van der Waals surface area contributed by atoms with Gasteiger partial charge in [0.1, 0.15) is 0 Å². The van der Waals surface area contributed by atoms with Crippen LogP contribution in [0.5, 0.6) is 0 Å². The first-order valence-electron chi connectivity index (χ1n) is 6.20. The molecule has 1 N–H and O–H groups in total. The van der Waals surface area contributed by atoms with Gasteiger partial charge in [0, 0.05) is 25.3 Å². The molecule has 0 saturated carbocycles. The van der Waals surface area contributed by atoms with Crippen LogP contribution in [0.3, 0.4) is 0 Å². The number of nitrogens with zero attached hydrogens (tertiary/aromatic N) is 2. The number of nitrogens with one attached hydrogen (secondary N) is 1. The van der Waals surface area contributed by atoms with E-state index in [1.54, 1.807) is 0 Å². The molecule has 0 amide bonds. The summed E-state index contributed by atoms with van der Waals surface area (Å²) in [5, 5.41) is 7.71. The average Bonchev–Trinajstić information content (AvgIpc) is 2.79. The molecule has 5 heteroatoms. The van der Waals surface area contributed by atoms with Gasteiger partial charge in [-0.15, -0.1) is 0 Å². The van der Waals surface area contributed by atoms with E-state index in [-0.39, 0.29) is 6.10 Å². The van der Waals surface area contributed by atoms with E-state index in [1.165, 1.54) is 0 Å². The van der Waals surface area contributed by atoms with E-state index in [0.29, 0.717) is 19.3 Å². The van der Waals surface area contributed by atoms with Crippen molar-refractivity contribution in [3.05, 3.63) is 18.0 Å². The molecule has 96 valence electrons. The SMILES string of the molecule is CC(C)n1ccc(COCC2CNCCO2)n1. The van der Waals surface area contributed by atoms with Crippen molar-refractivity contribution < 1.29 is 9.47 Å². The average molecular weight is 239 g/mol. The summed E-state index contributed by atoms with van der Waals surface area (Å²) >= 11 is 0. The minimum absolute atomic E-state index is 0.177. The van der Waals surface area contributed by atoms with E-state index in [0.717, 1.165) is 25.4 Å². The molecule has 0 bridgehead atoms. The molecule has 2 rings (SSSR count). The van der Waals surface area contributed by atoms with Gasteiger partial charge in [-0.2, -0.15) is 5.10 Å². The highest BCUT2D eigenvalue weighted by molar-refractivity contribution is 4.97. The van der Waals surface area contributed by atoms with Crippen LogP contribution in [0.4, 0.5) is 0 Å². The minimum atomic E-state index is 0.177. The highest BCUT2D eigenvalue weighted by Crippen LogP contribution is 2.06. The maximum absolute atomic E-state index is 5.61. The van der Waals surface area contributed by atoms with Crippen molar-refractivity contribution in [3.63, 3.8) is 0 Å². The molecule has 1 fully saturated rings. The number of hydrogen-bond donors (Lipinski definition) is 1. The summed E-state index contributed by atoms with van der Waals surface area (Å²) in [6, 6.07) is 2.40. The Hall–Kier alpha value is -0.910. The number of hydrogen-bond acceptors (Lipinski definition) is 4. The lowest BCUT2D eigenvalue weighted by molar-refractivity contribution is -0.0363. The van der Waals surface area contributed by atoms with E-state index < -0.39 is 0 Å². The summed E-state index contributed by atoms with van der Waals surface area (Å²) < 4.78 is 13.1. The van der Waals surface area contributed by atoms with Crippen LogP contribution in [0, 0.1) is 0 Å². The summed E-state index contributed by atoms with van der Waals surface area (Å²) in [6.07, 6.45) is 2.16. The highest BCUT2D eigenvalue weighted by Gasteiger charge is 2.13. The zero-order valence-corrected chi connectivity index (χ0v) is 10.6. The standard InChI is InChI=1S/C12H21N3O2/c1-10(2)15-5-3-11(14-15)8-16-9-12-7-13-4-6-17-12/h3,5,10,12-13H,4,6-9H2,1-2H3. The fraction of sp³-hybridized carbons (Fsp3) is 0.750. The fourth-order valence-electron chi connectivity index (χ4n) is 1.76. The largest absolute Gasteiger partial charge is 0.373 e. The molecule has 1 aliphatic heterocycles. The van der Waals surface area contributed by atoms with Crippen LogP contribution in [0.1, 0.15) is 25.6 Å². The van der Waals surface area contributed by atoms with E-state index in [9.17, 15) is 0 Å². The van der Waals surface area contributed by atoms with E-state index in [2.05, 4.69) is 24.3 Å². The second-order valence-corrected chi connectivity index (χ2v) is 4.59. The van der Waals surface area contributed by atoms with Gasteiger partial charge >= 0.3 is 0 Å². The summed E-state index contributed by atoms with van der Waals surface area (Å²) in [6.45, 7) is 7.99. The lowest BCUT2D eigenvalue weighted by Gasteiger charge is -2.23. The van der Waals surface area contributed by atoms with Crippen molar-refractivity contribution in [2.24, 2.45) is 0 Å². The topological polar surface area (TPSA) is 48.3 Å². The summed E-state index contributed by atoms with van der Waals surface area (Å²) in [4.78, 5) is 0. The van der Waals surface area contributed by atoms with Gasteiger partial charge in [-0.1, -0.05) is 0 Å². The van der Waals surface area contributed by atoms with Gasteiger partial charge in [-0.3, -0.25) is 4.68 Å². The van der Waals surface area contributed by atoms with E-state index in [1.807, 2.05) is 16.9 Å². The predicted octanol–water partition coefficient (Wildman–Crippen LogP) is 0.969. The Labute approximate surface area is 102 Å². The Morgan fingerprint density at radius 2 is 2.53 bits per heavy atom. The molecule has 2 heterocycles. The number of morpholine rings is 1. The first-order valence-corrected chi connectivity index (χ1v) is 6.20. The third-order valence-corrected chi connectivity index (χ3v) is 2.75. The Kier molecular flexibility index (Phi) is 4.53. The zero-order valence-electron chi connectivity index (χ0n) is 10.6. The molecule has 5 nitrogen and oxygen atoms in total. The van der Waals surface area contributed by atoms with Gasteiger partial charge < -0.3 is 14.8 Å². The first-order chi connectivity index (χ1) is 8.25. The van der Waals surface area contributed by atoms with Crippen LogP contribution in [0.25, 0.3) is 0 Å². The number of ether oxygens (including phenoxy) is 2. The summed E-state index contributed by atoms with van der Waals surface area (Å²) in [5.74, 6) is 0. The summed E-state index contributed by atoms with van der Waals surface area (Å²) in [5.41, 5.74) is 0.975. The normalized spacial score (nSPS) is 21.0. The maximum Gasteiger partial charge on any atom is 0.0933 e. The molecule has 0 spiro atoms. The smallest absolute Gasteiger partial charge is 0.0933 e. The maximum atomic E-state index is 5.61. The third kappa shape index (κ3) is 3.80. The Bertz CT molecular complexity index is 332. The molecule has 1 atom stereocenters. The van der Waals surface area contributed by atoms with Crippen LogP contribution in [-0.4, -0.2) is 42.2 Å². The fourth-order valence-corrected chi connectivity index (χ4v) is 1.76. The van der Waals surface area contributed by atoms with Crippen molar-refractivity contribution in [1.82, 2.24) is 15.1 Å². The van der Waals surface area contributed by atoms with Gasteiger partial charge in [-0.05, 0) is 19.9 Å². The van der Waals surface area contributed by atoms with Crippen molar-refractivity contribution >= 4 is 0 Å². The zero-order chi connectivity index (χ0) is 12.1. The van der Waals surface area contributed by atoms with E-state index in [4.69, 9.17) is 9.47 Å². The number of aromatic nitrogens is 2. The quantitative estimate of drug-likeness (QED) is 0.831. The molecule has 0 aromatic carbocycles. The second kappa shape index (κ2) is 6.14. The number of rotatable bonds is 5. The minimum Gasteiger partial charge on any atom is -0.373 e. The Morgan fingerprint density at radius 1 is 1.65 bits per heavy atom. The van der Waals surface area contributed by atoms with Crippen molar-refractivity contribution in [1.29, 1.82) is 0 Å². The van der Waals surface area contributed by atoms with Gasteiger partial charge in [0.25, 0.3) is 0 Å². The molecule has 0 radical (unpaired) electrons. The van der Waals surface area contributed by atoms with Crippen molar-refractivity contribution in [3.8, 4) is 0 Å². The molecule has 1 aromatic rings. The van der Waals surface area contributed by atoms with Crippen molar-refractivity contribution in [2.75, 3.05) is 26.3 Å². The highest BCUT2D eigenvalue weighted by atomic mass is 16.5. The lowest BCUT2D eigenvalue weighted by Crippen LogP contribution is -2.40. The summed E-state index contributed by atoms with van der Waals surface area (Å²) in [7, 11) is 0. The van der Waals surface area contributed by atoms with E-state index >= 15 is 0 Å². The molecular formula is C12H21N3O2. The van der Waals surface area contributed by atoms with Crippen LogP contribution in [0.2, 0.25) is 0 Å². The van der Waals surface area contributed by atoms with Gasteiger partial charge in [0.2, 0.25) is 0 Å². The predicted molar refractivity (Wildman–Crippen MR) is 64.9 cm³/mol. The Morgan fingerprint density at radius 3 is 3.18 bits per heavy atom. The van der Waals surface area contributed by atoms with Crippen LogP contribution in [-0.2, 0) is 16.1 Å². The van der Waals surface area contributed by atoms with Gasteiger partial charge in [0.15, 0.2) is 0 Å². The second-order valence-electron chi connectivity index (χ2n) is 4.59. The molecule has 1 aromatic heterocycles. The van der Waals surface area contributed by atoms with Gasteiger partial charge in [0.05, 0.1) is 31.6 Å². The lowest BCUT2D eigenvalue weighted by atomic mass is 10.3. The van der Waals surface area contributed by atoms with Crippen LogP contribution in [0.15, 0.2) is 12.3 Å². The molecule has 1 aliphatic rings. The molecule has 1 saturated heterocycles. The Balaban J connectivity index is 1.70.